The lowest BCUT2D eigenvalue weighted by atomic mass is 9.84. The molecule has 0 radical (unpaired) electrons. The second-order valence-electron chi connectivity index (χ2n) is 4.98. The molecule has 1 aliphatic carbocycles. The minimum atomic E-state index is -1.49. The Kier molecular flexibility index (Phi) is 5.11. The Labute approximate surface area is 108 Å². The molecular weight excluding hydrogens is 232 g/mol. The highest BCUT2D eigenvalue weighted by atomic mass is 16.6. The zero-order valence-electron chi connectivity index (χ0n) is 11.2. The monoisotopic (exact) mass is 254 g/mol. The molecule has 0 aromatic rings. The summed E-state index contributed by atoms with van der Waals surface area (Å²) in [7, 11) is 0. The van der Waals surface area contributed by atoms with Crippen molar-refractivity contribution >= 4 is 5.97 Å². The van der Waals surface area contributed by atoms with Gasteiger partial charge in [-0.15, -0.1) is 0 Å². The molecular formula is C14H22O4. The fourth-order valence-electron chi connectivity index (χ4n) is 2.07. The van der Waals surface area contributed by atoms with Gasteiger partial charge in [-0.1, -0.05) is 39.3 Å². The van der Waals surface area contributed by atoms with Crippen molar-refractivity contribution in [2.75, 3.05) is 6.61 Å². The highest BCUT2D eigenvalue weighted by Gasteiger charge is 2.36. The summed E-state index contributed by atoms with van der Waals surface area (Å²) in [4.78, 5) is 10.5. The van der Waals surface area contributed by atoms with Crippen molar-refractivity contribution < 1.29 is 19.7 Å². The van der Waals surface area contributed by atoms with Crippen LogP contribution in [0.2, 0.25) is 0 Å². The van der Waals surface area contributed by atoms with Crippen LogP contribution in [0, 0.1) is 11.8 Å². The molecule has 0 fully saturated rings. The molecule has 2 atom stereocenters. The smallest absolute Gasteiger partial charge is 0.329 e. The van der Waals surface area contributed by atoms with Crippen LogP contribution in [0.3, 0.4) is 0 Å². The number of carboxylic acid groups (broad SMARTS) is 1. The van der Waals surface area contributed by atoms with E-state index < -0.39 is 18.4 Å². The first-order valence-electron chi connectivity index (χ1n) is 6.38. The lowest BCUT2D eigenvalue weighted by molar-refractivity contribution is -0.201. The summed E-state index contributed by atoms with van der Waals surface area (Å²) in [6.45, 7) is 5.70. The molecule has 1 rings (SSSR count). The molecule has 0 aromatic carbocycles. The van der Waals surface area contributed by atoms with E-state index in [1.807, 2.05) is 19.1 Å². The van der Waals surface area contributed by atoms with E-state index in [4.69, 9.17) is 9.84 Å². The Morgan fingerprint density at radius 2 is 2.22 bits per heavy atom. The molecule has 0 saturated heterocycles. The molecule has 0 bridgehead atoms. The van der Waals surface area contributed by atoms with Crippen molar-refractivity contribution in [3.8, 4) is 0 Å². The van der Waals surface area contributed by atoms with Gasteiger partial charge in [-0.3, -0.25) is 0 Å². The van der Waals surface area contributed by atoms with Gasteiger partial charge in [0.05, 0.1) is 0 Å². The second-order valence-corrected chi connectivity index (χ2v) is 4.98. The molecule has 0 heterocycles. The van der Waals surface area contributed by atoms with E-state index in [1.165, 1.54) is 0 Å². The standard InChI is InChI=1S/C14H22O4/c1-4-5-12-8-11(10(2)3)6-7-14(12,17)18-9-13(15)16/h6-8,10,12,17H,4-5,9H2,1-3H3,(H,15,16). The van der Waals surface area contributed by atoms with Gasteiger partial charge in [0, 0.05) is 5.92 Å². The predicted octanol–water partition coefficient (Wildman–Crippen LogP) is 2.34. The Balaban J connectivity index is 2.85. The molecule has 0 spiro atoms. The molecule has 4 nitrogen and oxygen atoms in total. The maximum atomic E-state index is 10.5. The Hall–Kier alpha value is -1.13. The Morgan fingerprint density at radius 1 is 1.56 bits per heavy atom. The van der Waals surface area contributed by atoms with Crippen molar-refractivity contribution in [3.63, 3.8) is 0 Å². The zero-order valence-corrected chi connectivity index (χ0v) is 11.2. The summed E-state index contributed by atoms with van der Waals surface area (Å²) in [5.74, 6) is -2.38. The molecule has 2 N–H and O–H groups in total. The number of hydrogen-bond donors (Lipinski definition) is 2. The number of aliphatic carboxylic acids is 1. The van der Waals surface area contributed by atoms with Gasteiger partial charge in [0.1, 0.15) is 6.61 Å². The molecule has 18 heavy (non-hydrogen) atoms. The van der Waals surface area contributed by atoms with Gasteiger partial charge in [-0.05, 0) is 24.0 Å². The molecule has 2 unspecified atom stereocenters. The number of carboxylic acids is 1. The van der Waals surface area contributed by atoms with E-state index in [1.54, 1.807) is 6.08 Å². The maximum Gasteiger partial charge on any atom is 0.329 e. The third-order valence-corrected chi connectivity index (χ3v) is 3.13. The van der Waals surface area contributed by atoms with E-state index in [9.17, 15) is 9.90 Å². The fraction of sp³-hybridized carbons (Fsp3) is 0.643. The minimum absolute atomic E-state index is 0.191. The van der Waals surface area contributed by atoms with Crippen LogP contribution in [0.15, 0.2) is 23.8 Å². The van der Waals surface area contributed by atoms with Crippen LogP contribution < -0.4 is 0 Å². The lowest BCUT2D eigenvalue weighted by Gasteiger charge is -2.34. The van der Waals surface area contributed by atoms with E-state index in [0.29, 0.717) is 5.92 Å². The van der Waals surface area contributed by atoms with Crippen LogP contribution in [0.4, 0.5) is 0 Å². The number of aliphatic hydroxyl groups is 1. The van der Waals surface area contributed by atoms with Gasteiger partial charge in [0.25, 0.3) is 0 Å². The van der Waals surface area contributed by atoms with Gasteiger partial charge in [0.15, 0.2) is 5.79 Å². The van der Waals surface area contributed by atoms with Gasteiger partial charge in [-0.25, -0.2) is 4.79 Å². The highest BCUT2D eigenvalue weighted by Crippen LogP contribution is 2.33. The van der Waals surface area contributed by atoms with Crippen LogP contribution in [0.1, 0.15) is 33.6 Å². The molecule has 0 amide bonds. The van der Waals surface area contributed by atoms with Crippen molar-refractivity contribution in [2.45, 2.75) is 39.4 Å². The Bertz CT molecular complexity index is 357. The SMILES string of the molecule is CCCC1C=C(C(C)C)C=CC1(O)OCC(=O)O. The van der Waals surface area contributed by atoms with Crippen molar-refractivity contribution in [1.82, 2.24) is 0 Å². The average molecular weight is 254 g/mol. The second kappa shape index (κ2) is 6.16. The van der Waals surface area contributed by atoms with Crippen LogP contribution >= 0.6 is 0 Å². The van der Waals surface area contributed by atoms with Crippen LogP contribution in [-0.2, 0) is 9.53 Å². The first kappa shape index (κ1) is 14.9. The summed E-state index contributed by atoms with van der Waals surface area (Å²) < 4.78 is 5.15. The summed E-state index contributed by atoms with van der Waals surface area (Å²) >= 11 is 0. The van der Waals surface area contributed by atoms with Crippen LogP contribution in [0.25, 0.3) is 0 Å². The van der Waals surface area contributed by atoms with E-state index in [0.717, 1.165) is 18.4 Å². The summed E-state index contributed by atoms with van der Waals surface area (Å²) in [5.41, 5.74) is 1.15. The molecule has 0 saturated carbocycles. The molecule has 0 aromatic heterocycles. The minimum Gasteiger partial charge on any atom is -0.480 e. The average Bonchev–Trinajstić information content (AvgIpc) is 2.30. The molecule has 0 aliphatic heterocycles. The van der Waals surface area contributed by atoms with Crippen molar-refractivity contribution in [2.24, 2.45) is 11.8 Å². The Morgan fingerprint density at radius 3 is 2.72 bits per heavy atom. The zero-order chi connectivity index (χ0) is 13.8. The van der Waals surface area contributed by atoms with Gasteiger partial charge >= 0.3 is 5.97 Å². The fourth-order valence-corrected chi connectivity index (χ4v) is 2.07. The van der Waals surface area contributed by atoms with Crippen molar-refractivity contribution in [3.05, 3.63) is 23.8 Å². The number of hydrogen-bond acceptors (Lipinski definition) is 3. The molecule has 102 valence electrons. The quantitative estimate of drug-likeness (QED) is 0.714. The van der Waals surface area contributed by atoms with Gasteiger partial charge in [-0.2, -0.15) is 0 Å². The first-order valence-corrected chi connectivity index (χ1v) is 6.38. The third kappa shape index (κ3) is 3.68. The summed E-state index contributed by atoms with van der Waals surface area (Å²) in [6, 6.07) is 0. The van der Waals surface area contributed by atoms with E-state index >= 15 is 0 Å². The number of carbonyl (C=O) groups is 1. The number of ether oxygens (including phenoxy) is 1. The highest BCUT2D eigenvalue weighted by molar-refractivity contribution is 5.68. The van der Waals surface area contributed by atoms with Crippen LogP contribution in [-0.4, -0.2) is 28.6 Å². The normalized spacial score (nSPS) is 27.4. The molecule has 4 heteroatoms. The maximum absolute atomic E-state index is 10.5. The predicted molar refractivity (Wildman–Crippen MR) is 69.0 cm³/mol. The van der Waals surface area contributed by atoms with Gasteiger partial charge in [0.2, 0.25) is 0 Å². The summed E-state index contributed by atoms with van der Waals surface area (Å²) in [6.07, 6.45) is 7.05. The largest absolute Gasteiger partial charge is 0.480 e. The topological polar surface area (TPSA) is 66.8 Å². The van der Waals surface area contributed by atoms with Crippen LogP contribution in [0.5, 0.6) is 0 Å². The third-order valence-electron chi connectivity index (χ3n) is 3.13. The first-order chi connectivity index (χ1) is 8.39. The number of allylic oxidation sites excluding steroid dienone is 2. The van der Waals surface area contributed by atoms with E-state index in [2.05, 4.69) is 13.8 Å². The molecule has 1 aliphatic rings. The van der Waals surface area contributed by atoms with Crippen molar-refractivity contribution in [1.29, 1.82) is 0 Å². The lowest BCUT2D eigenvalue weighted by Crippen LogP contribution is -2.41. The van der Waals surface area contributed by atoms with E-state index in [-0.39, 0.29) is 5.92 Å². The summed E-state index contributed by atoms with van der Waals surface area (Å²) in [5, 5.41) is 19.0. The van der Waals surface area contributed by atoms with Gasteiger partial charge < -0.3 is 14.9 Å². The number of rotatable bonds is 6.